The van der Waals surface area contributed by atoms with Crippen LogP contribution in [0.3, 0.4) is 0 Å². The van der Waals surface area contributed by atoms with Gasteiger partial charge < -0.3 is 0 Å². The van der Waals surface area contributed by atoms with Gasteiger partial charge in [0.15, 0.2) is 11.5 Å². The molecule has 1 N–H and O–H groups in total. The van der Waals surface area contributed by atoms with Gasteiger partial charge in [0.2, 0.25) is 0 Å². The van der Waals surface area contributed by atoms with Crippen LogP contribution in [0.1, 0.15) is 0 Å². The van der Waals surface area contributed by atoms with Crippen LogP contribution >= 0.6 is 12.4 Å². The van der Waals surface area contributed by atoms with Crippen molar-refractivity contribution in [3.05, 3.63) is 30.7 Å². The first-order valence-corrected chi connectivity index (χ1v) is 3.71. The Balaban J connectivity index is 0.000000653. The van der Waals surface area contributed by atoms with Gasteiger partial charge in [-0.3, -0.25) is 5.10 Å². The van der Waals surface area contributed by atoms with E-state index in [4.69, 9.17) is 0 Å². The Morgan fingerprint density at radius 2 is 2.15 bits per heavy atom. The van der Waals surface area contributed by atoms with Crippen LogP contribution in [0.25, 0.3) is 17.0 Å². The molecule has 0 radical (unpaired) electrons. The fraction of sp³-hybridized carbons (Fsp3) is 0. The van der Waals surface area contributed by atoms with E-state index in [1.54, 1.807) is 6.20 Å². The van der Waals surface area contributed by atoms with Gasteiger partial charge in [-0.25, -0.2) is 14.5 Å². The van der Waals surface area contributed by atoms with Crippen LogP contribution in [0, 0.1) is 0 Å². The molecule has 1 aromatic heterocycles. The lowest BCUT2D eigenvalue weighted by Gasteiger charge is -1.99. The molecule has 1 aromatic rings. The van der Waals surface area contributed by atoms with Crippen molar-refractivity contribution >= 4 is 18.1 Å². The van der Waals surface area contributed by atoms with E-state index in [0.717, 1.165) is 17.0 Å². The average molecular weight is 195 g/mol. The highest BCUT2D eigenvalue weighted by Crippen LogP contribution is 2.18. The summed E-state index contributed by atoms with van der Waals surface area (Å²) in [5.41, 5.74) is 1.94. The van der Waals surface area contributed by atoms with E-state index < -0.39 is 0 Å². The van der Waals surface area contributed by atoms with Gasteiger partial charge in [0.1, 0.15) is 0 Å². The topological polar surface area (TPSA) is 46.0 Å². The quantitative estimate of drug-likeness (QED) is 0.591. The van der Waals surface area contributed by atoms with Crippen LogP contribution in [-0.2, 0) is 0 Å². The monoisotopic (exact) mass is 194 g/mol. The molecule has 0 unspecified atom stereocenters. The normalized spacial score (nSPS) is 10.5. The zero-order valence-corrected chi connectivity index (χ0v) is 7.45. The fourth-order valence-corrected chi connectivity index (χ4v) is 1.36. The van der Waals surface area contributed by atoms with Gasteiger partial charge in [-0.05, 0) is 6.07 Å². The number of hydrogen-bond donors (Lipinski definition) is 1. The highest BCUT2D eigenvalue weighted by atomic mass is 35.5. The maximum absolute atomic E-state index is 4.23. The van der Waals surface area contributed by atoms with Crippen molar-refractivity contribution in [2.24, 2.45) is 0 Å². The third kappa shape index (κ3) is 0.990. The molecule has 2 aliphatic heterocycles. The van der Waals surface area contributed by atoms with Gasteiger partial charge in [0.05, 0.1) is 0 Å². The Labute approximate surface area is 80.4 Å². The Morgan fingerprint density at radius 1 is 1.23 bits per heavy atom. The Morgan fingerprint density at radius 3 is 3.08 bits per heavy atom. The van der Waals surface area contributed by atoms with Gasteiger partial charge in [-0.1, -0.05) is 0 Å². The maximum Gasteiger partial charge on any atom is 0.162 e. The molecule has 0 saturated carbocycles. The number of hydrogen-bond acceptors (Lipinski definition) is 2. The second-order valence-electron chi connectivity index (χ2n) is 2.64. The second-order valence-corrected chi connectivity index (χ2v) is 2.64. The van der Waals surface area contributed by atoms with Crippen LogP contribution in [0.2, 0.25) is 0 Å². The molecule has 0 spiro atoms. The van der Waals surface area contributed by atoms with Crippen molar-refractivity contribution in [2.75, 3.05) is 0 Å². The van der Waals surface area contributed by atoms with Crippen LogP contribution in [0.5, 0.6) is 0 Å². The van der Waals surface area contributed by atoms with Crippen molar-refractivity contribution in [1.82, 2.24) is 19.6 Å². The summed E-state index contributed by atoms with van der Waals surface area (Å²) in [4.78, 5) is 8.44. The zero-order valence-electron chi connectivity index (χ0n) is 6.64. The second kappa shape index (κ2) is 2.74. The van der Waals surface area contributed by atoms with Crippen LogP contribution in [-0.4, -0.2) is 19.6 Å². The number of H-pyrrole nitrogens is 1. The van der Waals surface area contributed by atoms with Crippen molar-refractivity contribution in [2.45, 2.75) is 0 Å². The summed E-state index contributed by atoms with van der Waals surface area (Å²) in [6.07, 6.45) is 5.45. The molecule has 0 atom stereocenters. The van der Waals surface area contributed by atoms with E-state index in [2.05, 4.69) is 15.1 Å². The molecule has 0 saturated heterocycles. The van der Waals surface area contributed by atoms with Crippen LogP contribution < -0.4 is 0 Å². The molecule has 0 fully saturated rings. The number of nitrogens with zero attached hydrogens (tertiary/aromatic N) is 3. The highest BCUT2D eigenvalue weighted by molar-refractivity contribution is 5.85. The first kappa shape index (κ1) is 8.07. The summed E-state index contributed by atoms with van der Waals surface area (Å²) in [5, 5.41) is 3.04. The molecule has 2 aliphatic rings. The summed E-state index contributed by atoms with van der Waals surface area (Å²) in [7, 11) is 0. The lowest BCUT2D eigenvalue weighted by atomic mass is 10.3. The van der Waals surface area contributed by atoms with E-state index in [1.807, 2.05) is 29.0 Å². The molecule has 3 rings (SSSR count). The largest absolute Gasteiger partial charge is 0.298 e. The van der Waals surface area contributed by atoms with Gasteiger partial charge in [-0.15, -0.1) is 12.4 Å². The van der Waals surface area contributed by atoms with Crippen LogP contribution in [0.4, 0.5) is 0 Å². The lowest BCUT2D eigenvalue weighted by Crippen LogP contribution is -1.95. The molecule has 66 valence electrons. The Kier molecular flexibility index (Phi) is 1.70. The fourth-order valence-electron chi connectivity index (χ4n) is 1.36. The average Bonchev–Trinajstić information content (AvgIpc) is 2.71. The third-order valence-electron chi connectivity index (χ3n) is 1.92. The highest BCUT2D eigenvalue weighted by Gasteiger charge is 2.07. The molecule has 5 heteroatoms. The molecule has 0 amide bonds. The SMILES string of the molecule is Cl.c1cc2cnc3cc[nH]n3c-2n1. The van der Waals surface area contributed by atoms with Gasteiger partial charge >= 0.3 is 0 Å². The predicted octanol–water partition coefficient (Wildman–Crippen LogP) is 1.58. The smallest absolute Gasteiger partial charge is 0.162 e. The molecule has 4 nitrogen and oxygen atoms in total. The molecule has 0 bridgehead atoms. The summed E-state index contributed by atoms with van der Waals surface area (Å²) in [6, 6.07) is 3.85. The van der Waals surface area contributed by atoms with Gasteiger partial charge in [0, 0.05) is 30.2 Å². The Bertz CT molecular complexity index is 498. The number of aromatic amines is 1. The van der Waals surface area contributed by atoms with Crippen LogP contribution in [0.15, 0.2) is 30.7 Å². The van der Waals surface area contributed by atoms with E-state index in [-0.39, 0.29) is 12.4 Å². The maximum atomic E-state index is 4.23. The first-order valence-electron chi connectivity index (χ1n) is 3.71. The minimum Gasteiger partial charge on any atom is -0.298 e. The summed E-state index contributed by atoms with van der Waals surface area (Å²) < 4.78 is 1.86. The van der Waals surface area contributed by atoms with Gasteiger partial charge in [-0.2, -0.15) is 0 Å². The Hall–Kier alpha value is -1.55. The standard InChI is InChI=1S/C8H6N4.ClH/c1-3-9-8-6(1)5-10-7-2-4-11-12(7)8;/h1-5,11H;1H. The van der Waals surface area contributed by atoms with Crippen molar-refractivity contribution < 1.29 is 0 Å². The molecule has 0 aromatic carbocycles. The predicted molar refractivity (Wildman–Crippen MR) is 51.2 cm³/mol. The molecular formula is C8H7ClN4. The molecule has 0 aliphatic carbocycles. The lowest BCUT2D eigenvalue weighted by molar-refractivity contribution is 0.925. The van der Waals surface area contributed by atoms with E-state index in [0.29, 0.717) is 0 Å². The number of halogens is 1. The zero-order chi connectivity index (χ0) is 7.97. The van der Waals surface area contributed by atoms with Crippen molar-refractivity contribution in [1.29, 1.82) is 0 Å². The van der Waals surface area contributed by atoms with E-state index >= 15 is 0 Å². The first-order chi connectivity index (χ1) is 5.95. The number of nitrogens with one attached hydrogen (secondary N) is 1. The number of rotatable bonds is 0. The molecule has 13 heavy (non-hydrogen) atoms. The van der Waals surface area contributed by atoms with E-state index in [9.17, 15) is 0 Å². The minimum atomic E-state index is 0. The van der Waals surface area contributed by atoms with E-state index in [1.165, 1.54) is 0 Å². The molecule has 3 heterocycles. The number of fused-ring (bicyclic) bond motifs is 3. The third-order valence-corrected chi connectivity index (χ3v) is 1.92. The summed E-state index contributed by atoms with van der Waals surface area (Å²) in [5.74, 6) is 0.921. The van der Waals surface area contributed by atoms with Gasteiger partial charge in [0.25, 0.3) is 0 Å². The minimum absolute atomic E-state index is 0. The molecular weight excluding hydrogens is 188 g/mol. The van der Waals surface area contributed by atoms with Crippen molar-refractivity contribution in [3.8, 4) is 11.4 Å². The summed E-state index contributed by atoms with van der Waals surface area (Å²) >= 11 is 0. The van der Waals surface area contributed by atoms with Crippen molar-refractivity contribution in [3.63, 3.8) is 0 Å². The summed E-state index contributed by atoms with van der Waals surface area (Å²) in [6.45, 7) is 0. The number of aromatic nitrogens is 4.